The highest BCUT2D eigenvalue weighted by molar-refractivity contribution is 5.92. The summed E-state index contributed by atoms with van der Waals surface area (Å²) in [6.45, 7) is 1.07. The monoisotopic (exact) mass is 293 g/mol. The van der Waals surface area contributed by atoms with Gasteiger partial charge < -0.3 is 10.0 Å². The van der Waals surface area contributed by atoms with Crippen molar-refractivity contribution in [2.45, 2.75) is 12.5 Å². The molecule has 1 heterocycles. The smallest absolute Gasteiger partial charge is 0.246 e. The zero-order valence-electron chi connectivity index (χ0n) is 12.4. The Morgan fingerprint density at radius 1 is 1.09 bits per heavy atom. The maximum absolute atomic E-state index is 12.0. The Morgan fingerprint density at radius 3 is 2.59 bits per heavy atom. The number of hydrogen-bond acceptors (Lipinski definition) is 2. The second kappa shape index (κ2) is 6.58. The maximum Gasteiger partial charge on any atom is 0.246 e. The van der Waals surface area contributed by atoms with Gasteiger partial charge in [0, 0.05) is 19.2 Å². The Morgan fingerprint density at radius 2 is 1.86 bits per heavy atom. The summed E-state index contributed by atoms with van der Waals surface area (Å²) in [5.74, 6) is -0.0401. The van der Waals surface area contributed by atoms with Crippen molar-refractivity contribution >= 4 is 12.0 Å². The quantitative estimate of drug-likeness (QED) is 0.884. The van der Waals surface area contributed by atoms with Crippen molar-refractivity contribution in [1.29, 1.82) is 0 Å². The van der Waals surface area contributed by atoms with Gasteiger partial charge in [0.1, 0.15) is 0 Å². The summed E-state index contributed by atoms with van der Waals surface area (Å²) in [6, 6.07) is 18.3. The van der Waals surface area contributed by atoms with Gasteiger partial charge in [-0.15, -0.1) is 0 Å². The highest BCUT2D eigenvalue weighted by atomic mass is 16.3. The van der Waals surface area contributed by atoms with Gasteiger partial charge in [-0.1, -0.05) is 48.5 Å². The van der Waals surface area contributed by atoms with Crippen molar-refractivity contribution in [3.63, 3.8) is 0 Å². The zero-order chi connectivity index (χ0) is 15.4. The fraction of sp³-hybridized carbons (Fsp3) is 0.211. The third-order valence-corrected chi connectivity index (χ3v) is 3.89. The fourth-order valence-corrected chi connectivity index (χ4v) is 2.67. The molecule has 1 atom stereocenters. The van der Waals surface area contributed by atoms with E-state index in [1.165, 1.54) is 0 Å². The maximum atomic E-state index is 12.0. The zero-order valence-corrected chi connectivity index (χ0v) is 12.4. The number of nitrogens with zero attached hydrogens (tertiary/aromatic N) is 1. The number of hydrogen-bond donors (Lipinski definition) is 1. The number of amides is 1. The molecule has 0 radical (unpaired) electrons. The highest BCUT2D eigenvalue weighted by Crippen LogP contribution is 2.20. The predicted molar refractivity (Wildman–Crippen MR) is 88.1 cm³/mol. The van der Waals surface area contributed by atoms with Crippen LogP contribution in [-0.4, -0.2) is 35.1 Å². The summed E-state index contributed by atoms with van der Waals surface area (Å²) in [6.07, 6.45) is 3.71. The van der Waals surface area contributed by atoms with Crippen LogP contribution in [0, 0.1) is 0 Å². The fourth-order valence-electron chi connectivity index (χ4n) is 2.67. The van der Waals surface area contributed by atoms with E-state index >= 15 is 0 Å². The Bertz CT molecular complexity index is 679. The molecule has 0 saturated carbocycles. The SMILES string of the molecule is O=C(C=Cc1cccc(-c2ccccc2)c1)N1CC[C@@H](O)C1. The Labute approximate surface area is 130 Å². The number of benzene rings is 2. The van der Waals surface area contributed by atoms with Crippen molar-refractivity contribution < 1.29 is 9.90 Å². The minimum atomic E-state index is -0.376. The van der Waals surface area contributed by atoms with Gasteiger partial charge in [0.2, 0.25) is 5.91 Å². The Kier molecular flexibility index (Phi) is 4.35. The third-order valence-electron chi connectivity index (χ3n) is 3.89. The molecule has 3 nitrogen and oxygen atoms in total. The molecule has 3 heteroatoms. The van der Waals surface area contributed by atoms with Gasteiger partial charge in [-0.25, -0.2) is 0 Å². The molecule has 0 spiro atoms. The molecule has 1 fully saturated rings. The lowest BCUT2D eigenvalue weighted by Gasteiger charge is -2.12. The molecule has 3 rings (SSSR count). The minimum absolute atomic E-state index is 0.0401. The molecule has 2 aromatic carbocycles. The molecule has 0 aromatic heterocycles. The van der Waals surface area contributed by atoms with Crippen LogP contribution in [-0.2, 0) is 4.79 Å². The molecule has 1 saturated heterocycles. The number of aliphatic hydroxyl groups excluding tert-OH is 1. The van der Waals surface area contributed by atoms with Crippen LogP contribution in [0.25, 0.3) is 17.2 Å². The van der Waals surface area contributed by atoms with E-state index in [0.29, 0.717) is 19.5 Å². The van der Waals surface area contributed by atoms with E-state index in [9.17, 15) is 9.90 Å². The van der Waals surface area contributed by atoms with E-state index in [-0.39, 0.29) is 12.0 Å². The van der Waals surface area contributed by atoms with Crippen molar-refractivity contribution in [3.8, 4) is 11.1 Å². The predicted octanol–water partition coefficient (Wildman–Crippen LogP) is 2.96. The molecule has 112 valence electrons. The first kappa shape index (κ1) is 14.5. The van der Waals surface area contributed by atoms with E-state index in [4.69, 9.17) is 0 Å². The Balaban J connectivity index is 1.73. The second-order valence-electron chi connectivity index (χ2n) is 5.55. The standard InChI is InChI=1S/C19H19NO2/c21-18-11-12-20(14-18)19(22)10-9-15-5-4-8-17(13-15)16-6-2-1-3-7-16/h1-10,13,18,21H,11-12,14H2/t18-/m1/s1. The first-order valence-corrected chi connectivity index (χ1v) is 7.53. The van der Waals surface area contributed by atoms with E-state index in [1.54, 1.807) is 11.0 Å². The van der Waals surface area contributed by atoms with Crippen LogP contribution >= 0.6 is 0 Å². The van der Waals surface area contributed by atoms with Crippen LogP contribution in [0.5, 0.6) is 0 Å². The lowest BCUT2D eigenvalue weighted by molar-refractivity contribution is -0.125. The molecule has 1 amide bonds. The van der Waals surface area contributed by atoms with Crippen LogP contribution in [0.4, 0.5) is 0 Å². The summed E-state index contributed by atoms with van der Waals surface area (Å²) >= 11 is 0. The van der Waals surface area contributed by atoms with E-state index in [0.717, 1.165) is 16.7 Å². The summed E-state index contributed by atoms with van der Waals surface area (Å²) in [7, 11) is 0. The van der Waals surface area contributed by atoms with Crippen molar-refractivity contribution in [2.75, 3.05) is 13.1 Å². The average Bonchev–Trinajstić information content (AvgIpc) is 3.00. The van der Waals surface area contributed by atoms with Crippen LogP contribution in [0.1, 0.15) is 12.0 Å². The number of rotatable bonds is 3. The topological polar surface area (TPSA) is 40.5 Å². The van der Waals surface area contributed by atoms with Crippen LogP contribution in [0.15, 0.2) is 60.7 Å². The van der Waals surface area contributed by atoms with Gasteiger partial charge in [0.05, 0.1) is 6.10 Å². The summed E-state index contributed by atoms with van der Waals surface area (Å²) < 4.78 is 0. The normalized spacial score (nSPS) is 18.0. The highest BCUT2D eigenvalue weighted by Gasteiger charge is 2.22. The molecule has 1 N–H and O–H groups in total. The van der Waals surface area contributed by atoms with Gasteiger partial charge in [0.15, 0.2) is 0 Å². The Hall–Kier alpha value is -2.39. The molecule has 0 aliphatic carbocycles. The van der Waals surface area contributed by atoms with E-state index < -0.39 is 0 Å². The summed E-state index contributed by atoms with van der Waals surface area (Å²) in [4.78, 5) is 13.7. The number of β-amino-alcohol motifs (C(OH)–C–C–N with tert-alkyl or cyclic N) is 1. The third kappa shape index (κ3) is 3.43. The molecule has 22 heavy (non-hydrogen) atoms. The van der Waals surface area contributed by atoms with Crippen LogP contribution < -0.4 is 0 Å². The number of carbonyl (C=O) groups is 1. The van der Waals surface area contributed by atoms with Gasteiger partial charge in [-0.05, 0) is 35.3 Å². The minimum Gasteiger partial charge on any atom is -0.391 e. The molecular weight excluding hydrogens is 274 g/mol. The summed E-state index contributed by atoms with van der Waals surface area (Å²) in [5.41, 5.74) is 3.29. The lowest BCUT2D eigenvalue weighted by atomic mass is 10.0. The number of likely N-dealkylation sites (tertiary alicyclic amines) is 1. The van der Waals surface area contributed by atoms with Gasteiger partial charge in [-0.3, -0.25) is 4.79 Å². The van der Waals surface area contributed by atoms with Crippen LogP contribution in [0.2, 0.25) is 0 Å². The van der Waals surface area contributed by atoms with Crippen molar-refractivity contribution in [2.24, 2.45) is 0 Å². The van der Waals surface area contributed by atoms with Gasteiger partial charge in [-0.2, -0.15) is 0 Å². The van der Waals surface area contributed by atoms with Crippen molar-refractivity contribution in [3.05, 3.63) is 66.2 Å². The van der Waals surface area contributed by atoms with E-state index in [2.05, 4.69) is 24.3 Å². The summed E-state index contributed by atoms with van der Waals surface area (Å²) in [5, 5.41) is 9.48. The van der Waals surface area contributed by atoms with Crippen molar-refractivity contribution in [1.82, 2.24) is 4.90 Å². The molecule has 1 aliphatic rings. The lowest BCUT2D eigenvalue weighted by Crippen LogP contribution is -2.27. The molecule has 0 bridgehead atoms. The van der Waals surface area contributed by atoms with Crippen LogP contribution in [0.3, 0.4) is 0 Å². The first-order valence-electron chi connectivity index (χ1n) is 7.53. The largest absolute Gasteiger partial charge is 0.391 e. The number of carbonyl (C=O) groups excluding carboxylic acids is 1. The second-order valence-corrected chi connectivity index (χ2v) is 5.55. The van der Waals surface area contributed by atoms with E-state index in [1.807, 2.05) is 36.4 Å². The molecular formula is C19H19NO2. The first-order chi connectivity index (χ1) is 10.7. The number of aliphatic hydroxyl groups is 1. The van der Waals surface area contributed by atoms with Gasteiger partial charge in [0.25, 0.3) is 0 Å². The molecule has 2 aromatic rings. The van der Waals surface area contributed by atoms with Gasteiger partial charge >= 0.3 is 0 Å². The molecule has 1 aliphatic heterocycles. The molecule has 0 unspecified atom stereocenters. The average molecular weight is 293 g/mol.